The molecule has 0 spiro atoms. The van der Waals surface area contributed by atoms with Crippen LogP contribution in [0.3, 0.4) is 0 Å². The van der Waals surface area contributed by atoms with E-state index in [1.807, 2.05) is 0 Å². The van der Waals surface area contributed by atoms with Crippen LogP contribution in [0.25, 0.3) is 0 Å². The molecule has 3 nitrogen and oxygen atoms in total. The van der Waals surface area contributed by atoms with Gasteiger partial charge in [0.15, 0.2) is 0 Å². The van der Waals surface area contributed by atoms with Gasteiger partial charge in [0.05, 0.1) is 12.2 Å². The minimum Gasteiger partial charge on any atom is -0.462 e. The molecule has 0 aliphatic carbocycles. The largest absolute Gasteiger partial charge is 0.462 e. The van der Waals surface area contributed by atoms with Crippen molar-refractivity contribution in [2.75, 3.05) is 6.61 Å². The summed E-state index contributed by atoms with van der Waals surface area (Å²) in [6.07, 6.45) is 4.00. The number of carbonyl (C=O) groups excluding carboxylic acids is 1. The van der Waals surface area contributed by atoms with Crippen LogP contribution in [0, 0.1) is 5.41 Å². The zero-order valence-corrected chi connectivity index (χ0v) is 9.49. The number of hydrogen-bond donors (Lipinski definition) is 0. The fraction of sp³-hybridized carbons (Fsp3) is 0.500. The molecule has 0 radical (unpaired) electrons. The first kappa shape index (κ1) is 11.7. The SMILES string of the molecule is CC(C)(C)CCOC(=O)c1cccnc1. The Morgan fingerprint density at radius 1 is 1.47 bits per heavy atom. The van der Waals surface area contributed by atoms with Crippen molar-refractivity contribution in [2.24, 2.45) is 5.41 Å². The van der Waals surface area contributed by atoms with Crippen LogP contribution in [0.2, 0.25) is 0 Å². The molecule has 0 bridgehead atoms. The summed E-state index contributed by atoms with van der Waals surface area (Å²) >= 11 is 0. The first-order chi connectivity index (χ1) is 6.99. The van der Waals surface area contributed by atoms with Gasteiger partial charge in [-0.05, 0) is 24.0 Å². The van der Waals surface area contributed by atoms with E-state index in [4.69, 9.17) is 4.74 Å². The predicted molar refractivity (Wildman–Crippen MR) is 58.6 cm³/mol. The lowest BCUT2D eigenvalue weighted by atomic mass is 9.93. The Labute approximate surface area is 90.5 Å². The number of rotatable bonds is 3. The number of aromatic nitrogens is 1. The lowest BCUT2D eigenvalue weighted by Crippen LogP contribution is -2.13. The fourth-order valence-corrected chi connectivity index (χ4v) is 1.02. The zero-order chi connectivity index (χ0) is 11.3. The maximum atomic E-state index is 11.5. The Kier molecular flexibility index (Phi) is 3.83. The molecule has 0 aliphatic rings. The second kappa shape index (κ2) is 4.91. The summed E-state index contributed by atoms with van der Waals surface area (Å²) in [4.78, 5) is 15.3. The van der Waals surface area contributed by atoms with E-state index in [-0.39, 0.29) is 11.4 Å². The molecule has 1 rings (SSSR count). The van der Waals surface area contributed by atoms with E-state index in [2.05, 4.69) is 25.8 Å². The molecular formula is C12H17NO2. The minimum absolute atomic E-state index is 0.190. The van der Waals surface area contributed by atoms with Crippen LogP contribution in [0.4, 0.5) is 0 Å². The second-order valence-electron chi connectivity index (χ2n) is 4.69. The van der Waals surface area contributed by atoms with Crippen LogP contribution >= 0.6 is 0 Å². The maximum absolute atomic E-state index is 11.5. The van der Waals surface area contributed by atoms with Gasteiger partial charge in [0.25, 0.3) is 0 Å². The van der Waals surface area contributed by atoms with Crippen LogP contribution in [0.15, 0.2) is 24.5 Å². The third-order valence-electron chi connectivity index (χ3n) is 1.98. The van der Waals surface area contributed by atoms with Crippen LogP contribution in [-0.4, -0.2) is 17.6 Å². The summed E-state index contributed by atoms with van der Waals surface area (Å²) < 4.78 is 5.13. The third kappa shape index (κ3) is 4.58. The highest BCUT2D eigenvalue weighted by Gasteiger charge is 2.12. The second-order valence-corrected chi connectivity index (χ2v) is 4.69. The molecule has 1 aromatic heterocycles. The van der Waals surface area contributed by atoms with Crippen molar-refractivity contribution in [3.05, 3.63) is 30.1 Å². The molecule has 15 heavy (non-hydrogen) atoms. The highest BCUT2D eigenvalue weighted by atomic mass is 16.5. The van der Waals surface area contributed by atoms with Crippen LogP contribution in [-0.2, 0) is 4.74 Å². The molecule has 0 aromatic carbocycles. The molecule has 0 amide bonds. The molecule has 1 aromatic rings. The van der Waals surface area contributed by atoms with Crippen molar-refractivity contribution in [3.8, 4) is 0 Å². The van der Waals surface area contributed by atoms with E-state index in [9.17, 15) is 4.79 Å². The van der Waals surface area contributed by atoms with E-state index < -0.39 is 0 Å². The lowest BCUT2D eigenvalue weighted by molar-refractivity contribution is 0.0464. The summed E-state index contributed by atoms with van der Waals surface area (Å²) in [5, 5.41) is 0. The summed E-state index contributed by atoms with van der Waals surface area (Å²) in [6.45, 7) is 6.80. The first-order valence-corrected chi connectivity index (χ1v) is 5.06. The first-order valence-electron chi connectivity index (χ1n) is 5.06. The predicted octanol–water partition coefficient (Wildman–Crippen LogP) is 2.67. The van der Waals surface area contributed by atoms with Crippen molar-refractivity contribution in [3.63, 3.8) is 0 Å². The topological polar surface area (TPSA) is 39.2 Å². The molecule has 1 heterocycles. The quantitative estimate of drug-likeness (QED) is 0.715. The van der Waals surface area contributed by atoms with Crippen molar-refractivity contribution in [1.29, 1.82) is 0 Å². The summed E-state index contributed by atoms with van der Waals surface area (Å²) in [7, 11) is 0. The monoisotopic (exact) mass is 207 g/mol. The van der Waals surface area contributed by atoms with Gasteiger partial charge < -0.3 is 4.74 Å². The molecule has 0 saturated heterocycles. The van der Waals surface area contributed by atoms with Gasteiger partial charge in [0, 0.05) is 12.4 Å². The Balaban J connectivity index is 2.38. The van der Waals surface area contributed by atoms with Crippen LogP contribution in [0.5, 0.6) is 0 Å². The summed E-state index contributed by atoms with van der Waals surface area (Å²) in [6, 6.07) is 3.42. The van der Waals surface area contributed by atoms with E-state index in [1.54, 1.807) is 18.3 Å². The highest BCUT2D eigenvalue weighted by Crippen LogP contribution is 2.18. The molecule has 0 N–H and O–H groups in total. The van der Waals surface area contributed by atoms with Crippen LogP contribution in [0.1, 0.15) is 37.6 Å². The van der Waals surface area contributed by atoms with Crippen molar-refractivity contribution in [1.82, 2.24) is 4.98 Å². The zero-order valence-electron chi connectivity index (χ0n) is 9.49. The van der Waals surface area contributed by atoms with E-state index in [1.165, 1.54) is 6.20 Å². The molecule has 0 fully saturated rings. The Morgan fingerprint density at radius 2 is 2.20 bits per heavy atom. The van der Waals surface area contributed by atoms with Gasteiger partial charge in [-0.15, -0.1) is 0 Å². The smallest absolute Gasteiger partial charge is 0.339 e. The molecule has 0 unspecified atom stereocenters. The average Bonchev–Trinajstić information content (AvgIpc) is 2.17. The normalized spacial score (nSPS) is 11.1. The Hall–Kier alpha value is -1.38. The molecule has 82 valence electrons. The van der Waals surface area contributed by atoms with E-state index in [0.717, 1.165) is 6.42 Å². The number of ether oxygens (including phenoxy) is 1. The molecular weight excluding hydrogens is 190 g/mol. The van der Waals surface area contributed by atoms with Crippen LogP contribution < -0.4 is 0 Å². The average molecular weight is 207 g/mol. The number of carbonyl (C=O) groups is 1. The van der Waals surface area contributed by atoms with Gasteiger partial charge in [-0.2, -0.15) is 0 Å². The van der Waals surface area contributed by atoms with E-state index >= 15 is 0 Å². The molecule has 0 saturated carbocycles. The molecule has 0 aliphatic heterocycles. The Bertz CT molecular complexity index is 314. The van der Waals surface area contributed by atoms with Crippen molar-refractivity contribution in [2.45, 2.75) is 27.2 Å². The van der Waals surface area contributed by atoms with Gasteiger partial charge in [0.1, 0.15) is 0 Å². The van der Waals surface area contributed by atoms with E-state index in [0.29, 0.717) is 12.2 Å². The lowest BCUT2D eigenvalue weighted by Gasteiger charge is -2.17. The Morgan fingerprint density at radius 3 is 2.73 bits per heavy atom. The van der Waals surface area contributed by atoms with Gasteiger partial charge in [-0.3, -0.25) is 4.98 Å². The molecule has 3 heteroatoms. The maximum Gasteiger partial charge on any atom is 0.339 e. The standard InChI is InChI=1S/C12H17NO2/c1-12(2,3)6-8-15-11(14)10-5-4-7-13-9-10/h4-5,7,9H,6,8H2,1-3H3. The van der Waals surface area contributed by atoms with Crippen molar-refractivity contribution >= 4 is 5.97 Å². The summed E-state index contributed by atoms with van der Waals surface area (Å²) in [5.74, 6) is -0.299. The highest BCUT2D eigenvalue weighted by molar-refractivity contribution is 5.88. The van der Waals surface area contributed by atoms with Gasteiger partial charge in [-0.25, -0.2) is 4.79 Å². The summed E-state index contributed by atoms with van der Waals surface area (Å²) in [5.41, 5.74) is 0.696. The molecule has 0 atom stereocenters. The van der Waals surface area contributed by atoms with Crippen molar-refractivity contribution < 1.29 is 9.53 Å². The number of hydrogen-bond acceptors (Lipinski definition) is 3. The number of nitrogens with zero attached hydrogens (tertiary/aromatic N) is 1. The van der Waals surface area contributed by atoms with Gasteiger partial charge >= 0.3 is 5.97 Å². The minimum atomic E-state index is -0.299. The van der Waals surface area contributed by atoms with Gasteiger partial charge in [0.2, 0.25) is 0 Å². The number of pyridine rings is 1. The van der Waals surface area contributed by atoms with Gasteiger partial charge in [-0.1, -0.05) is 20.8 Å². The third-order valence-corrected chi connectivity index (χ3v) is 1.98. The number of esters is 1. The fourth-order valence-electron chi connectivity index (χ4n) is 1.02.